The molecule has 1 N–H and O–H groups in total. The van der Waals surface area contributed by atoms with Crippen LogP contribution in [0.2, 0.25) is 0 Å². The molecule has 1 aliphatic rings. The highest BCUT2D eigenvalue weighted by atomic mass is 32.2. The molecule has 0 saturated carbocycles. The van der Waals surface area contributed by atoms with Gasteiger partial charge >= 0.3 is 6.09 Å². The molecule has 1 aliphatic heterocycles. The molecule has 20 heavy (non-hydrogen) atoms. The van der Waals surface area contributed by atoms with E-state index in [1.54, 1.807) is 4.90 Å². The van der Waals surface area contributed by atoms with Gasteiger partial charge in [0.15, 0.2) is 11.1 Å². The smallest absolute Gasteiger partial charge is 0.410 e. The summed E-state index contributed by atoms with van der Waals surface area (Å²) in [5, 5.41) is 0. The molecule has 1 aromatic rings. The molecule has 1 amide bonds. The molecule has 0 radical (unpaired) electrons. The van der Waals surface area contributed by atoms with Crippen molar-refractivity contribution >= 4 is 17.2 Å². The lowest BCUT2D eigenvalue weighted by atomic mass is 10.0. The molecule has 110 valence electrons. The van der Waals surface area contributed by atoms with E-state index < -0.39 is 17.2 Å². The van der Waals surface area contributed by atoms with E-state index in [2.05, 4.69) is 0 Å². The second kappa shape index (κ2) is 7.40. The van der Waals surface area contributed by atoms with Crippen molar-refractivity contribution in [2.24, 2.45) is 0 Å². The maximum Gasteiger partial charge on any atom is 0.410 e. The van der Waals surface area contributed by atoms with Gasteiger partial charge in [-0.05, 0) is 24.8 Å². The van der Waals surface area contributed by atoms with E-state index in [0.29, 0.717) is 6.54 Å². The highest BCUT2D eigenvalue weighted by Gasteiger charge is 2.29. The van der Waals surface area contributed by atoms with E-state index in [1.807, 2.05) is 30.3 Å². The quantitative estimate of drug-likeness (QED) is 0.867. The molecule has 2 unspecified atom stereocenters. The van der Waals surface area contributed by atoms with E-state index >= 15 is 0 Å². The van der Waals surface area contributed by atoms with Gasteiger partial charge in [-0.3, -0.25) is 0 Å². The lowest BCUT2D eigenvalue weighted by Gasteiger charge is -2.34. The maximum absolute atomic E-state index is 12.1. The van der Waals surface area contributed by atoms with Crippen molar-refractivity contribution in [1.29, 1.82) is 0 Å². The molecular weight excluding hydrogens is 278 g/mol. The van der Waals surface area contributed by atoms with Crippen LogP contribution in [0, 0.1) is 0 Å². The first kappa shape index (κ1) is 15.0. The van der Waals surface area contributed by atoms with Crippen molar-refractivity contribution in [3.63, 3.8) is 0 Å². The van der Waals surface area contributed by atoms with E-state index in [4.69, 9.17) is 9.29 Å². The summed E-state index contributed by atoms with van der Waals surface area (Å²) in [6.45, 7) is 0.820. The summed E-state index contributed by atoms with van der Waals surface area (Å²) >= 11 is -1.89. The highest BCUT2D eigenvalue weighted by Crippen LogP contribution is 2.19. The minimum absolute atomic E-state index is 0.0977. The third kappa shape index (κ3) is 4.31. The minimum Gasteiger partial charge on any atom is -0.445 e. The zero-order chi connectivity index (χ0) is 14.4. The standard InChI is InChI=1S/C14H19NO4S/c16-14(19-10-12-6-2-1-3-7-12)15-9-5-4-8-13(15)11-20(17)18/h1-3,6-7,13H,4-5,8-11H2,(H,17,18). The summed E-state index contributed by atoms with van der Waals surface area (Å²) in [7, 11) is 0. The Bertz CT molecular complexity index is 466. The van der Waals surface area contributed by atoms with Crippen LogP contribution in [0.5, 0.6) is 0 Å². The number of hydrogen-bond acceptors (Lipinski definition) is 3. The summed E-state index contributed by atoms with van der Waals surface area (Å²) in [5.41, 5.74) is 0.931. The summed E-state index contributed by atoms with van der Waals surface area (Å²) in [6, 6.07) is 9.28. The Hall–Kier alpha value is -1.40. The van der Waals surface area contributed by atoms with Crippen LogP contribution in [-0.2, 0) is 22.4 Å². The van der Waals surface area contributed by atoms with Crippen LogP contribution < -0.4 is 0 Å². The molecule has 0 bridgehead atoms. The average molecular weight is 297 g/mol. The molecule has 1 aromatic carbocycles. The fourth-order valence-electron chi connectivity index (χ4n) is 2.38. The third-order valence-electron chi connectivity index (χ3n) is 3.40. The number of ether oxygens (including phenoxy) is 1. The Kier molecular flexibility index (Phi) is 5.55. The number of amides is 1. The Morgan fingerprint density at radius 3 is 2.80 bits per heavy atom. The van der Waals surface area contributed by atoms with Crippen LogP contribution in [-0.4, -0.2) is 38.1 Å². The van der Waals surface area contributed by atoms with Gasteiger partial charge in [0.2, 0.25) is 0 Å². The van der Waals surface area contributed by atoms with E-state index in [-0.39, 0.29) is 18.4 Å². The molecule has 2 atom stereocenters. The Labute approximate surface area is 121 Å². The van der Waals surface area contributed by atoms with Gasteiger partial charge in [0.05, 0.1) is 5.75 Å². The molecule has 6 heteroatoms. The SMILES string of the molecule is O=C(OCc1ccccc1)N1CCCCC1CS(=O)O. The molecular formula is C14H19NO4S. The van der Waals surface area contributed by atoms with Crippen molar-refractivity contribution in [3.05, 3.63) is 35.9 Å². The number of rotatable bonds is 4. The van der Waals surface area contributed by atoms with Gasteiger partial charge in [0.25, 0.3) is 0 Å². The van der Waals surface area contributed by atoms with Crippen LogP contribution in [0.4, 0.5) is 4.79 Å². The van der Waals surface area contributed by atoms with E-state index in [9.17, 15) is 9.00 Å². The van der Waals surface area contributed by atoms with Crippen LogP contribution in [0.1, 0.15) is 24.8 Å². The first-order valence-electron chi connectivity index (χ1n) is 6.71. The average Bonchev–Trinajstić information content (AvgIpc) is 2.46. The topological polar surface area (TPSA) is 66.8 Å². The van der Waals surface area contributed by atoms with E-state index in [0.717, 1.165) is 24.8 Å². The summed E-state index contributed by atoms with van der Waals surface area (Å²) in [6.07, 6.45) is 2.25. The molecule has 1 heterocycles. The van der Waals surface area contributed by atoms with Crippen molar-refractivity contribution in [2.75, 3.05) is 12.3 Å². The van der Waals surface area contributed by atoms with Crippen molar-refractivity contribution in [2.45, 2.75) is 31.9 Å². The van der Waals surface area contributed by atoms with Crippen molar-refractivity contribution < 1.29 is 18.3 Å². The lowest BCUT2D eigenvalue weighted by Crippen LogP contribution is -2.46. The maximum atomic E-state index is 12.1. The van der Waals surface area contributed by atoms with Gasteiger partial charge in [-0.15, -0.1) is 0 Å². The molecule has 0 aromatic heterocycles. The predicted octanol–water partition coefficient (Wildman–Crippen LogP) is 2.40. The number of benzene rings is 1. The second-order valence-electron chi connectivity index (χ2n) is 4.87. The molecule has 0 spiro atoms. The lowest BCUT2D eigenvalue weighted by molar-refractivity contribution is 0.0727. The number of carbonyl (C=O) groups excluding carboxylic acids is 1. The number of hydrogen-bond donors (Lipinski definition) is 1. The Morgan fingerprint density at radius 2 is 2.10 bits per heavy atom. The van der Waals surface area contributed by atoms with Gasteiger partial charge in [0, 0.05) is 12.6 Å². The highest BCUT2D eigenvalue weighted by molar-refractivity contribution is 7.79. The molecule has 5 nitrogen and oxygen atoms in total. The number of nitrogens with zero attached hydrogens (tertiary/aromatic N) is 1. The van der Waals surface area contributed by atoms with E-state index in [1.165, 1.54) is 0 Å². The van der Waals surface area contributed by atoms with Gasteiger partial charge in [0.1, 0.15) is 6.61 Å². The summed E-state index contributed by atoms with van der Waals surface area (Å²) < 4.78 is 25.2. The Morgan fingerprint density at radius 1 is 1.35 bits per heavy atom. The number of carbonyl (C=O) groups is 1. The van der Waals surface area contributed by atoms with Crippen LogP contribution >= 0.6 is 0 Å². The summed E-state index contributed by atoms with van der Waals surface area (Å²) in [4.78, 5) is 13.7. The fraction of sp³-hybridized carbons (Fsp3) is 0.500. The zero-order valence-corrected chi connectivity index (χ0v) is 12.1. The molecule has 1 fully saturated rings. The van der Waals surface area contributed by atoms with Crippen molar-refractivity contribution in [1.82, 2.24) is 4.90 Å². The van der Waals surface area contributed by atoms with Crippen LogP contribution in [0.15, 0.2) is 30.3 Å². The number of likely N-dealkylation sites (tertiary alicyclic amines) is 1. The van der Waals surface area contributed by atoms with Crippen molar-refractivity contribution in [3.8, 4) is 0 Å². The Balaban J connectivity index is 1.90. The van der Waals surface area contributed by atoms with Gasteiger partial charge in [-0.25, -0.2) is 9.00 Å². The second-order valence-corrected chi connectivity index (χ2v) is 5.85. The molecule has 0 aliphatic carbocycles. The van der Waals surface area contributed by atoms with Gasteiger partial charge < -0.3 is 14.2 Å². The predicted molar refractivity (Wildman–Crippen MR) is 76.6 cm³/mol. The normalized spacial score (nSPS) is 20.4. The molecule has 1 saturated heterocycles. The van der Waals surface area contributed by atoms with Gasteiger partial charge in [-0.1, -0.05) is 30.3 Å². The third-order valence-corrected chi connectivity index (χ3v) is 4.07. The van der Waals surface area contributed by atoms with Crippen LogP contribution in [0.3, 0.4) is 0 Å². The monoisotopic (exact) mass is 297 g/mol. The first-order chi connectivity index (χ1) is 9.66. The first-order valence-corrected chi connectivity index (χ1v) is 7.99. The summed E-state index contributed by atoms with van der Waals surface area (Å²) in [5.74, 6) is 0.0977. The minimum atomic E-state index is -1.89. The largest absolute Gasteiger partial charge is 0.445 e. The van der Waals surface area contributed by atoms with Gasteiger partial charge in [-0.2, -0.15) is 0 Å². The number of piperidine rings is 1. The zero-order valence-electron chi connectivity index (χ0n) is 11.2. The molecule has 2 rings (SSSR count). The van der Waals surface area contributed by atoms with Crippen LogP contribution in [0.25, 0.3) is 0 Å². The fourth-order valence-corrected chi connectivity index (χ4v) is 3.06.